The zero-order valence-corrected chi connectivity index (χ0v) is 24.3. The molecule has 0 saturated heterocycles. The number of esters is 1. The lowest BCUT2D eigenvalue weighted by Crippen LogP contribution is -2.30. The van der Waals surface area contributed by atoms with E-state index in [1.54, 1.807) is 30.3 Å². The molecule has 42 heavy (non-hydrogen) atoms. The number of hydrogen-bond donors (Lipinski definition) is 5. The number of ether oxygens (including phenoxy) is 3. The van der Waals surface area contributed by atoms with Crippen molar-refractivity contribution in [1.82, 2.24) is 10.6 Å². The zero-order chi connectivity index (χ0) is 30.5. The number of nitrogens with one attached hydrogen (secondary N) is 2. The van der Waals surface area contributed by atoms with E-state index < -0.39 is 12.1 Å². The van der Waals surface area contributed by atoms with Gasteiger partial charge in [-0.25, -0.2) is 0 Å². The molecule has 0 fully saturated rings. The third-order valence-electron chi connectivity index (χ3n) is 6.27. The summed E-state index contributed by atoms with van der Waals surface area (Å²) in [6.45, 7) is 6.44. The quantitative estimate of drug-likeness (QED) is 0.0977. The zero-order valence-electron chi connectivity index (χ0n) is 24.3. The molecule has 10 heteroatoms. The lowest BCUT2D eigenvalue weighted by Gasteiger charge is -2.15. The molecule has 5 N–H and O–H groups in total. The first-order valence-corrected chi connectivity index (χ1v) is 13.9. The van der Waals surface area contributed by atoms with Gasteiger partial charge in [-0.1, -0.05) is 30.3 Å². The van der Waals surface area contributed by atoms with E-state index in [9.17, 15) is 24.9 Å². The van der Waals surface area contributed by atoms with E-state index in [1.165, 1.54) is 13.0 Å². The van der Waals surface area contributed by atoms with Crippen LogP contribution in [0.25, 0.3) is 0 Å². The summed E-state index contributed by atoms with van der Waals surface area (Å²) in [6, 6.07) is 17.4. The van der Waals surface area contributed by atoms with Crippen molar-refractivity contribution in [1.29, 1.82) is 0 Å². The fourth-order valence-corrected chi connectivity index (χ4v) is 4.16. The average Bonchev–Trinajstić information content (AvgIpc) is 2.96. The van der Waals surface area contributed by atoms with Gasteiger partial charge in [0, 0.05) is 30.6 Å². The van der Waals surface area contributed by atoms with Gasteiger partial charge in [-0.3, -0.25) is 9.59 Å². The summed E-state index contributed by atoms with van der Waals surface area (Å²) in [7, 11) is 0. The number of rotatable bonds is 16. The highest BCUT2D eigenvalue weighted by molar-refractivity contribution is 5.98. The van der Waals surface area contributed by atoms with Crippen LogP contribution in [0.3, 0.4) is 0 Å². The second kappa shape index (κ2) is 16.5. The van der Waals surface area contributed by atoms with E-state index in [1.807, 2.05) is 38.1 Å². The average molecular weight is 581 g/mol. The topological polar surface area (TPSA) is 147 Å². The number of aromatic hydroxyl groups is 1. The van der Waals surface area contributed by atoms with Crippen LogP contribution < -0.4 is 20.1 Å². The Hall–Kier alpha value is -3.96. The van der Waals surface area contributed by atoms with Crippen molar-refractivity contribution in [3.8, 4) is 17.2 Å². The molecule has 0 heterocycles. The van der Waals surface area contributed by atoms with Crippen molar-refractivity contribution < 1.29 is 39.1 Å². The number of benzene rings is 3. The van der Waals surface area contributed by atoms with Crippen LogP contribution in [0, 0.1) is 0 Å². The van der Waals surface area contributed by atoms with E-state index in [2.05, 4.69) is 10.6 Å². The van der Waals surface area contributed by atoms with Crippen LogP contribution in [0.1, 0.15) is 59.5 Å². The van der Waals surface area contributed by atoms with Crippen LogP contribution in [0.5, 0.6) is 17.2 Å². The molecule has 226 valence electrons. The largest absolute Gasteiger partial charge is 0.508 e. The van der Waals surface area contributed by atoms with E-state index >= 15 is 0 Å². The summed E-state index contributed by atoms with van der Waals surface area (Å²) in [5.41, 5.74) is 2.97. The summed E-state index contributed by atoms with van der Waals surface area (Å²) in [5, 5.41) is 35.4. The third kappa shape index (κ3) is 10.1. The van der Waals surface area contributed by atoms with Crippen LogP contribution >= 0.6 is 0 Å². The molecule has 1 amide bonds. The number of aliphatic hydroxyl groups excluding tert-OH is 2. The van der Waals surface area contributed by atoms with Crippen molar-refractivity contribution in [2.24, 2.45) is 0 Å². The molecule has 0 bridgehead atoms. The summed E-state index contributed by atoms with van der Waals surface area (Å²) in [4.78, 5) is 24.2. The van der Waals surface area contributed by atoms with Gasteiger partial charge in [-0.2, -0.15) is 0 Å². The fraction of sp³-hybridized carbons (Fsp3) is 0.375. The van der Waals surface area contributed by atoms with Crippen LogP contribution in [0.15, 0.2) is 60.7 Å². The molecule has 3 rings (SSSR count). The molecule has 0 unspecified atom stereocenters. The molecule has 0 spiro atoms. The van der Waals surface area contributed by atoms with E-state index in [-0.39, 0.29) is 48.8 Å². The van der Waals surface area contributed by atoms with Gasteiger partial charge in [-0.05, 0) is 68.3 Å². The molecular formula is C32H40N2O8. The Bertz CT molecular complexity index is 1310. The predicted molar refractivity (Wildman–Crippen MR) is 158 cm³/mol. The Morgan fingerprint density at radius 3 is 2.43 bits per heavy atom. The van der Waals surface area contributed by atoms with E-state index in [0.29, 0.717) is 42.1 Å². The Kier molecular flexibility index (Phi) is 12.8. The van der Waals surface area contributed by atoms with Crippen molar-refractivity contribution in [2.75, 3.05) is 26.3 Å². The highest BCUT2D eigenvalue weighted by Gasteiger charge is 2.18. The molecule has 0 aliphatic heterocycles. The number of para-hydroxylation sites is 1. The Morgan fingerprint density at radius 1 is 0.976 bits per heavy atom. The predicted octanol–water partition coefficient (Wildman–Crippen LogP) is 3.41. The van der Waals surface area contributed by atoms with Crippen molar-refractivity contribution in [3.63, 3.8) is 0 Å². The van der Waals surface area contributed by atoms with Gasteiger partial charge in [0.25, 0.3) is 5.91 Å². The fourth-order valence-electron chi connectivity index (χ4n) is 4.16. The smallest absolute Gasteiger partial charge is 0.308 e. The normalized spacial score (nSPS) is 11.8. The minimum Gasteiger partial charge on any atom is -0.508 e. The first kappa shape index (κ1) is 32.6. The minimum absolute atomic E-state index is 0.00564. The van der Waals surface area contributed by atoms with Crippen LogP contribution in [0.2, 0.25) is 0 Å². The summed E-state index contributed by atoms with van der Waals surface area (Å²) in [5.74, 6) is 0.0546. The number of aliphatic hydroxyl groups is 2. The monoisotopic (exact) mass is 580 g/mol. The van der Waals surface area contributed by atoms with Gasteiger partial charge >= 0.3 is 5.97 Å². The maximum Gasteiger partial charge on any atom is 0.308 e. The second-order valence-electron chi connectivity index (χ2n) is 10.1. The summed E-state index contributed by atoms with van der Waals surface area (Å²) < 4.78 is 16.9. The van der Waals surface area contributed by atoms with Gasteiger partial charge < -0.3 is 40.2 Å². The highest BCUT2D eigenvalue weighted by atomic mass is 16.5. The maximum absolute atomic E-state index is 12.6. The highest BCUT2D eigenvalue weighted by Crippen LogP contribution is 2.26. The maximum atomic E-state index is 12.6. The molecule has 3 aromatic carbocycles. The summed E-state index contributed by atoms with van der Waals surface area (Å²) >= 11 is 0. The van der Waals surface area contributed by atoms with Gasteiger partial charge in [0.1, 0.15) is 23.9 Å². The van der Waals surface area contributed by atoms with Crippen LogP contribution in [-0.2, 0) is 29.2 Å². The molecule has 3 aromatic rings. The lowest BCUT2D eigenvalue weighted by molar-refractivity contribution is -0.132. The molecule has 1 atom stereocenters. The van der Waals surface area contributed by atoms with Crippen molar-refractivity contribution in [3.05, 3.63) is 88.5 Å². The first-order chi connectivity index (χ1) is 20.2. The molecule has 0 radical (unpaired) electrons. The molecule has 0 aromatic heterocycles. The third-order valence-corrected chi connectivity index (χ3v) is 6.27. The van der Waals surface area contributed by atoms with Gasteiger partial charge in [-0.15, -0.1) is 0 Å². The molecular weight excluding hydrogens is 540 g/mol. The SMILES string of the molecule is CC(=O)Oc1c(COCCOc2ccc(CCNC[C@H](O)c3ccc(O)c(CO)c3)cc2)cccc1C(=O)NC(C)C. The number of carbonyl (C=O) groups excluding carboxylic acids is 2. The van der Waals surface area contributed by atoms with E-state index in [0.717, 1.165) is 12.0 Å². The van der Waals surface area contributed by atoms with Crippen molar-refractivity contribution >= 4 is 11.9 Å². The van der Waals surface area contributed by atoms with Gasteiger partial charge in [0.2, 0.25) is 0 Å². The van der Waals surface area contributed by atoms with Gasteiger partial charge in [0.15, 0.2) is 0 Å². The number of carbonyl (C=O) groups is 2. The van der Waals surface area contributed by atoms with Gasteiger partial charge in [0.05, 0.1) is 31.5 Å². The number of hydrogen-bond acceptors (Lipinski definition) is 9. The van der Waals surface area contributed by atoms with Crippen molar-refractivity contribution in [2.45, 2.75) is 52.6 Å². The van der Waals surface area contributed by atoms with Crippen LogP contribution in [-0.4, -0.2) is 59.5 Å². The first-order valence-electron chi connectivity index (χ1n) is 13.9. The lowest BCUT2D eigenvalue weighted by atomic mass is 10.1. The Balaban J connectivity index is 1.40. The minimum atomic E-state index is -0.754. The molecule has 0 saturated carbocycles. The number of amides is 1. The molecule has 0 aliphatic rings. The standard InChI is InChI=1S/C32H40N2O8/c1-21(2)34-32(39)28-6-4-5-25(31(28)42-22(3)36)20-40-15-16-41-27-10-7-23(8-11-27)13-14-33-18-30(38)24-9-12-29(37)26(17-24)19-35/h4-12,17,21,30,33,35,37-38H,13-16,18-20H2,1-3H3,(H,34,39)/t30-/m0/s1. The molecule has 10 nitrogen and oxygen atoms in total. The molecule has 0 aliphatic carbocycles. The number of phenols is 1. The Morgan fingerprint density at radius 2 is 1.74 bits per heavy atom. The second-order valence-corrected chi connectivity index (χ2v) is 10.1. The Labute approximate surface area is 246 Å². The van der Waals surface area contributed by atoms with E-state index in [4.69, 9.17) is 14.2 Å². The van der Waals surface area contributed by atoms with Crippen LogP contribution in [0.4, 0.5) is 0 Å². The summed E-state index contributed by atoms with van der Waals surface area (Å²) in [6.07, 6.45) is 0.00225.